The van der Waals surface area contributed by atoms with Gasteiger partial charge in [-0.25, -0.2) is 0 Å². The third-order valence-electron chi connectivity index (χ3n) is 4.04. The van der Waals surface area contributed by atoms with Crippen molar-refractivity contribution in [1.29, 1.82) is 0 Å². The van der Waals surface area contributed by atoms with Crippen molar-refractivity contribution in [3.05, 3.63) is 70.3 Å². The van der Waals surface area contributed by atoms with Gasteiger partial charge in [-0.3, -0.25) is 4.79 Å². The van der Waals surface area contributed by atoms with Crippen molar-refractivity contribution < 1.29 is 4.79 Å². The van der Waals surface area contributed by atoms with Crippen molar-refractivity contribution in [1.82, 2.24) is 10.6 Å². The van der Waals surface area contributed by atoms with Gasteiger partial charge < -0.3 is 10.6 Å². The molecule has 0 aromatic heterocycles. The van der Waals surface area contributed by atoms with Gasteiger partial charge in [0.05, 0.1) is 0 Å². The Balaban J connectivity index is 1.56. The van der Waals surface area contributed by atoms with E-state index in [0.717, 1.165) is 35.7 Å². The highest BCUT2D eigenvalue weighted by Gasteiger charge is 2.11. The van der Waals surface area contributed by atoms with Crippen LogP contribution in [0.2, 0.25) is 0 Å². The molecule has 1 heterocycles. The van der Waals surface area contributed by atoms with E-state index in [2.05, 4.69) is 35.8 Å². The molecule has 2 aromatic carbocycles. The summed E-state index contributed by atoms with van der Waals surface area (Å²) in [4.78, 5) is 12.2. The monoisotopic (exact) mass is 326 g/mol. The van der Waals surface area contributed by atoms with Crippen molar-refractivity contribution in [2.24, 2.45) is 0 Å². The summed E-state index contributed by atoms with van der Waals surface area (Å²) in [7, 11) is 0. The maximum atomic E-state index is 12.2. The Bertz CT molecular complexity index is 682. The van der Waals surface area contributed by atoms with Crippen molar-refractivity contribution >= 4 is 17.7 Å². The number of rotatable bonds is 6. The van der Waals surface area contributed by atoms with Crippen molar-refractivity contribution in [3.8, 4) is 0 Å². The topological polar surface area (TPSA) is 41.1 Å². The lowest BCUT2D eigenvalue weighted by Gasteiger charge is -2.08. The van der Waals surface area contributed by atoms with Gasteiger partial charge in [-0.2, -0.15) is 11.8 Å². The summed E-state index contributed by atoms with van der Waals surface area (Å²) in [6.45, 7) is 4.60. The highest BCUT2D eigenvalue weighted by atomic mass is 32.2. The van der Waals surface area contributed by atoms with Crippen molar-refractivity contribution in [2.75, 3.05) is 5.75 Å². The van der Waals surface area contributed by atoms with Gasteiger partial charge in [0.1, 0.15) is 0 Å². The number of hydrogen-bond acceptors (Lipinski definition) is 3. The summed E-state index contributed by atoms with van der Waals surface area (Å²) < 4.78 is 0. The van der Waals surface area contributed by atoms with E-state index in [9.17, 15) is 4.79 Å². The van der Waals surface area contributed by atoms with Crippen LogP contribution in [-0.4, -0.2) is 11.7 Å². The Morgan fingerprint density at radius 3 is 2.61 bits per heavy atom. The van der Waals surface area contributed by atoms with Crippen LogP contribution >= 0.6 is 11.8 Å². The Morgan fingerprint density at radius 2 is 1.83 bits per heavy atom. The molecule has 3 rings (SSSR count). The maximum absolute atomic E-state index is 12.2. The molecule has 1 amide bonds. The number of nitrogens with one attached hydrogen (secondary N) is 2. The molecule has 0 saturated heterocycles. The predicted octanol–water partition coefficient (Wildman–Crippen LogP) is 3.47. The second kappa shape index (κ2) is 7.66. The van der Waals surface area contributed by atoms with Gasteiger partial charge in [0, 0.05) is 31.0 Å². The molecule has 0 unspecified atom stereocenters. The average Bonchev–Trinajstić information content (AvgIpc) is 3.06. The SMILES string of the molecule is CCSCc1ccc(C(=O)NCc2ccc3c(c2)CNC3)cc1. The molecular formula is C19H22N2OS. The number of carbonyl (C=O) groups excluding carboxylic acids is 1. The van der Waals surface area contributed by atoms with E-state index in [1.165, 1.54) is 16.7 Å². The Kier molecular flexibility index (Phi) is 5.36. The molecule has 4 heteroatoms. The summed E-state index contributed by atoms with van der Waals surface area (Å²) >= 11 is 1.89. The zero-order valence-corrected chi connectivity index (χ0v) is 14.2. The van der Waals surface area contributed by atoms with E-state index < -0.39 is 0 Å². The minimum atomic E-state index is -0.0154. The Labute approximate surface area is 141 Å². The van der Waals surface area contributed by atoms with Gasteiger partial charge in [0.15, 0.2) is 0 Å². The van der Waals surface area contributed by atoms with E-state index in [1.807, 2.05) is 36.0 Å². The zero-order valence-electron chi connectivity index (χ0n) is 13.4. The van der Waals surface area contributed by atoms with Gasteiger partial charge in [0.2, 0.25) is 0 Å². The minimum Gasteiger partial charge on any atom is -0.348 e. The lowest BCUT2D eigenvalue weighted by atomic mass is 10.1. The summed E-state index contributed by atoms with van der Waals surface area (Å²) in [5.41, 5.74) is 5.84. The molecule has 0 spiro atoms. The number of amides is 1. The average molecular weight is 326 g/mol. The number of carbonyl (C=O) groups is 1. The van der Waals surface area contributed by atoms with Crippen molar-refractivity contribution in [2.45, 2.75) is 32.3 Å². The van der Waals surface area contributed by atoms with Crippen LogP contribution in [0, 0.1) is 0 Å². The minimum absolute atomic E-state index is 0.0154. The number of hydrogen-bond donors (Lipinski definition) is 2. The molecule has 2 aromatic rings. The third-order valence-corrected chi connectivity index (χ3v) is 4.99. The Morgan fingerprint density at radius 1 is 1.09 bits per heavy atom. The van der Waals surface area contributed by atoms with Gasteiger partial charge in [0.25, 0.3) is 5.91 Å². The van der Waals surface area contributed by atoms with Gasteiger partial charge >= 0.3 is 0 Å². The fourth-order valence-corrected chi connectivity index (χ4v) is 3.35. The smallest absolute Gasteiger partial charge is 0.251 e. The summed E-state index contributed by atoms with van der Waals surface area (Å²) in [5.74, 6) is 2.10. The molecule has 1 aliphatic rings. The quantitative estimate of drug-likeness (QED) is 0.854. The molecule has 0 bridgehead atoms. The van der Waals surface area contributed by atoms with Crippen LogP contribution in [0.15, 0.2) is 42.5 Å². The molecular weight excluding hydrogens is 304 g/mol. The van der Waals surface area contributed by atoms with E-state index in [-0.39, 0.29) is 5.91 Å². The van der Waals surface area contributed by atoms with Crippen LogP contribution in [0.1, 0.15) is 39.5 Å². The van der Waals surface area contributed by atoms with Crippen LogP contribution in [-0.2, 0) is 25.4 Å². The molecule has 0 saturated carbocycles. The van der Waals surface area contributed by atoms with Crippen LogP contribution in [0.25, 0.3) is 0 Å². The summed E-state index contributed by atoms with van der Waals surface area (Å²) in [6.07, 6.45) is 0. The first-order chi connectivity index (χ1) is 11.3. The van der Waals surface area contributed by atoms with Crippen LogP contribution in [0.5, 0.6) is 0 Å². The first-order valence-electron chi connectivity index (χ1n) is 8.02. The zero-order chi connectivity index (χ0) is 16.1. The molecule has 120 valence electrons. The lowest BCUT2D eigenvalue weighted by molar-refractivity contribution is 0.0951. The highest BCUT2D eigenvalue weighted by Crippen LogP contribution is 2.17. The maximum Gasteiger partial charge on any atom is 0.251 e. The molecule has 0 fully saturated rings. The van der Waals surface area contributed by atoms with Crippen molar-refractivity contribution in [3.63, 3.8) is 0 Å². The standard InChI is InChI=1S/C19H22N2OS/c1-2-23-13-14-3-6-16(7-4-14)19(22)21-10-15-5-8-17-11-20-12-18(17)9-15/h3-9,20H,2,10-13H2,1H3,(H,21,22). The van der Waals surface area contributed by atoms with Crippen LogP contribution < -0.4 is 10.6 Å². The molecule has 0 radical (unpaired) electrons. The van der Waals surface area contributed by atoms with E-state index in [0.29, 0.717) is 6.54 Å². The number of benzene rings is 2. The molecule has 0 aliphatic carbocycles. The molecule has 0 atom stereocenters. The largest absolute Gasteiger partial charge is 0.348 e. The number of fused-ring (bicyclic) bond motifs is 1. The highest BCUT2D eigenvalue weighted by molar-refractivity contribution is 7.98. The Hall–Kier alpha value is -1.78. The summed E-state index contributed by atoms with van der Waals surface area (Å²) in [6, 6.07) is 14.3. The first-order valence-corrected chi connectivity index (χ1v) is 9.18. The molecule has 1 aliphatic heterocycles. The normalized spacial score (nSPS) is 12.9. The third kappa shape index (κ3) is 4.15. The lowest BCUT2D eigenvalue weighted by Crippen LogP contribution is -2.22. The second-order valence-electron chi connectivity index (χ2n) is 5.72. The van der Waals surface area contributed by atoms with E-state index in [4.69, 9.17) is 0 Å². The predicted molar refractivity (Wildman–Crippen MR) is 96.4 cm³/mol. The molecule has 2 N–H and O–H groups in total. The summed E-state index contributed by atoms with van der Waals surface area (Å²) in [5, 5.41) is 6.34. The van der Waals surface area contributed by atoms with E-state index >= 15 is 0 Å². The fraction of sp³-hybridized carbons (Fsp3) is 0.316. The second-order valence-corrected chi connectivity index (χ2v) is 7.00. The van der Waals surface area contributed by atoms with Gasteiger partial charge in [-0.15, -0.1) is 0 Å². The number of thioether (sulfide) groups is 1. The first kappa shape index (κ1) is 16.1. The molecule has 3 nitrogen and oxygen atoms in total. The van der Waals surface area contributed by atoms with Crippen LogP contribution in [0.3, 0.4) is 0 Å². The van der Waals surface area contributed by atoms with Gasteiger partial charge in [-0.1, -0.05) is 37.3 Å². The van der Waals surface area contributed by atoms with Gasteiger partial charge in [-0.05, 0) is 40.1 Å². The fourth-order valence-electron chi connectivity index (χ4n) is 2.71. The van der Waals surface area contributed by atoms with Crippen LogP contribution in [0.4, 0.5) is 0 Å². The molecule has 23 heavy (non-hydrogen) atoms. The van der Waals surface area contributed by atoms with E-state index in [1.54, 1.807) is 0 Å².